The Labute approximate surface area is 128 Å². The van der Waals surface area contributed by atoms with Crippen LogP contribution in [0.25, 0.3) is 0 Å². The van der Waals surface area contributed by atoms with Crippen molar-refractivity contribution in [2.45, 2.75) is 25.5 Å². The number of hydrogen-bond donors (Lipinski definition) is 2. The number of hydrogen-bond acceptors (Lipinski definition) is 5. The molecular weight excluding hydrogens is 282 g/mol. The number of likely N-dealkylation sites (tertiary alicyclic amines) is 1. The second-order valence-electron chi connectivity index (χ2n) is 5.32. The maximum Gasteiger partial charge on any atom is 0.275 e. The largest absolute Gasteiger partial charge is 0.473 e. The lowest BCUT2D eigenvalue weighted by molar-refractivity contribution is 0.0702. The second kappa shape index (κ2) is 6.57. The number of carbonyl (C=O) groups is 1. The van der Waals surface area contributed by atoms with E-state index in [4.69, 9.17) is 10.5 Å². The lowest BCUT2D eigenvalue weighted by atomic mass is 10.1. The molecule has 3 heterocycles. The Morgan fingerprint density at radius 2 is 2.32 bits per heavy atom. The van der Waals surface area contributed by atoms with Crippen LogP contribution in [0.5, 0.6) is 5.88 Å². The van der Waals surface area contributed by atoms with E-state index in [1.807, 2.05) is 12.1 Å². The fourth-order valence-electron chi connectivity index (χ4n) is 2.42. The number of nitrogens with two attached hydrogens (primary N) is 1. The minimum absolute atomic E-state index is 0.0408. The van der Waals surface area contributed by atoms with Crippen molar-refractivity contribution in [2.75, 3.05) is 13.1 Å². The third-order valence-electron chi connectivity index (χ3n) is 3.58. The van der Waals surface area contributed by atoms with Crippen LogP contribution < -0.4 is 10.5 Å². The van der Waals surface area contributed by atoms with Crippen molar-refractivity contribution in [3.8, 4) is 5.88 Å². The number of nitrogens with one attached hydrogen (secondary N) is 1. The van der Waals surface area contributed by atoms with Crippen molar-refractivity contribution in [3.05, 3.63) is 41.9 Å². The molecule has 1 fully saturated rings. The molecular formula is C15H18N5O2. The molecule has 3 rings (SSSR count). The molecule has 1 aliphatic heterocycles. The molecule has 0 unspecified atom stereocenters. The summed E-state index contributed by atoms with van der Waals surface area (Å²) in [5, 5.41) is 6.66. The van der Waals surface area contributed by atoms with Gasteiger partial charge in [-0.05, 0) is 30.5 Å². The van der Waals surface area contributed by atoms with E-state index in [1.165, 1.54) is 0 Å². The fraction of sp³-hybridized carbons (Fsp3) is 0.400. The van der Waals surface area contributed by atoms with Gasteiger partial charge in [0, 0.05) is 31.5 Å². The number of aromatic amines is 1. The Balaban J connectivity index is 1.59. The molecule has 7 nitrogen and oxygen atoms in total. The number of piperidine rings is 1. The molecule has 1 atom stereocenters. The van der Waals surface area contributed by atoms with Gasteiger partial charge in [0.05, 0.1) is 6.07 Å². The molecule has 0 aromatic carbocycles. The molecule has 0 saturated carbocycles. The standard InChI is InChI=1S/C15H18N5O2/c16-12-2-1-7-20(9-12)15(21)13-8-14(19-18-13)22-10-11-3-5-17-6-4-11/h3-6,12H,1-2,7,9-10,16H2,(H,18,19)/t12-/m1/s1. The molecule has 1 saturated heterocycles. The van der Waals surface area contributed by atoms with Gasteiger partial charge in [-0.3, -0.25) is 9.78 Å². The monoisotopic (exact) mass is 300 g/mol. The predicted octanol–water partition coefficient (Wildman–Crippen LogP) is 0.747. The highest BCUT2D eigenvalue weighted by Gasteiger charge is 2.24. The number of pyridine rings is 1. The van der Waals surface area contributed by atoms with Gasteiger partial charge in [0.15, 0.2) is 5.69 Å². The van der Waals surface area contributed by atoms with E-state index in [1.54, 1.807) is 17.3 Å². The van der Waals surface area contributed by atoms with Gasteiger partial charge in [-0.1, -0.05) is 0 Å². The topological polar surface area (TPSA) is 97.1 Å². The maximum absolute atomic E-state index is 12.3. The summed E-state index contributed by atoms with van der Waals surface area (Å²) in [5.41, 5.74) is 7.11. The molecule has 2 aromatic heterocycles. The first-order chi connectivity index (χ1) is 10.7. The van der Waals surface area contributed by atoms with E-state index in [-0.39, 0.29) is 17.6 Å². The molecule has 0 bridgehead atoms. The Kier molecular flexibility index (Phi) is 4.34. The quantitative estimate of drug-likeness (QED) is 0.868. The summed E-state index contributed by atoms with van der Waals surface area (Å²) in [4.78, 5) is 18.0. The highest BCUT2D eigenvalue weighted by Crippen LogP contribution is 2.15. The van der Waals surface area contributed by atoms with Crippen LogP contribution in [0.15, 0.2) is 24.5 Å². The van der Waals surface area contributed by atoms with E-state index in [0.717, 1.165) is 18.4 Å². The Bertz CT molecular complexity index is 628. The zero-order valence-electron chi connectivity index (χ0n) is 12.2. The summed E-state index contributed by atoms with van der Waals surface area (Å²) in [6, 6.07) is 6.62. The highest BCUT2D eigenvalue weighted by atomic mass is 16.5. The molecule has 115 valence electrons. The maximum atomic E-state index is 12.3. The van der Waals surface area contributed by atoms with E-state index in [9.17, 15) is 4.79 Å². The third kappa shape index (κ3) is 3.43. The van der Waals surface area contributed by atoms with E-state index in [0.29, 0.717) is 25.6 Å². The molecule has 2 aromatic rings. The minimum Gasteiger partial charge on any atom is -0.473 e. The molecule has 0 aliphatic carbocycles. The Morgan fingerprint density at radius 1 is 1.50 bits per heavy atom. The fourth-order valence-corrected chi connectivity index (χ4v) is 2.42. The van der Waals surface area contributed by atoms with Crippen molar-refractivity contribution in [1.82, 2.24) is 20.1 Å². The molecule has 7 heteroatoms. The molecule has 1 amide bonds. The van der Waals surface area contributed by atoms with Crippen molar-refractivity contribution in [3.63, 3.8) is 0 Å². The lowest BCUT2D eigenvalue weighted by Gasteiger charge is -2.30. The lowest BCUT2D eigenvalue weighted by Crippen LogP contribution is -2.45. The van der Waals surface area contributed by atoms with Crippen molar-refractivity contribution >= 4 is 5.91 Å². The van der Waals surface area contributed by atoms with Crippen molar-refractivity contribution in [2.24, 2.45) is 5.73 Å². The molecule has 0 spiro atoms. The number of ether oxygens (including phenoxy) is 1. The van der Waals surface area contributed by atoms with Crippen molar-refractivity contribution < 1.29 is 9.53 Å². The third-order valence-corrected chi connectivity index (χ3v) is 3.58. The van der Waals surface area contributed by atoms with Crippen LogP contribution in [-0.2, 0) is 6.61 Å². The Hall–Kier alpha value is -2.41. The molecule has 22 heavy (non-hydrogen) atoms. The van der Waals surface area contributed by atoms with Gasteiger partial charge in [0.25, 0.3) is 5.91 Å². The van der Waals surface area contributed by atoms with E-state index >= 15 is 0 Å². The first-order valence-electron chi connectivity index (χ1n) is 7.26. The number of rotatable bonds is 4. The average molecular weight is 300 g/mol. The van der Waals surface area contributed by atoms with Gasteiger partial charge >= 0.3 is 0 Å². The summed E-state index contributed by atoms with van der Waals surface area (Å²) in [7, 11) is 0. The number of nitrogens with zero attached hydrogens (tertiary/aromatic N) is 3. The smallest absolute Gasteiger partial charge is 0.275 e. The van der Waals surface area contributed by atoms with Crippen LogP contribution in [0.2, 0.25) is 0 Å². The van der Waals surface area contributed by atoms with Gasteiger partial charge < -0.3 is 15.4 Å². The van der Waals surface area contributed by atoms with Crippen LogP contribution in [0, 0.1) is 6.07 Å². The first kappa shape index (κ1) is 14.5. The predicted molar refractivity (Wildman–Crippen MR) is 79.1 cm³/mol. The van der Waals surface area contributed by atoms with Crippen LogP contribution in [-0.4, -0.2) is 45.1 Å². The van der Waals surface area contributed by atoms with Crippen LogP contribution in [0.1, 0.15) is 28.9 Å². The molecule has 1 aliphatic rings. The Morgan fingerprint density at radius 3 is 3.09 bits per heavy atom. The normalized spacial score (nSPS) is 18.2. The summed E-state index contributed by atoms with van der Waals surface area (Å²) in [6.45, 7) is 1.64. The van der Waals surface area contributed by atoms with Crippen LogP contribution in [0.3, 0.4) is 0 Å². The summed E-state index contributed by atoms with van der Waals surface area (Å²) >= 11 is 0. The van der Waals surface area contributed by atoms with Crippen LogP contribution in [0.4, 0.5) is 0 Å². The minimum atomic E-state index is -0.162. The SMILES string of the molecule is N[C@@H]1CCCN(C(=O)c2[c]c(OCc3ccncc3)[nH]n2)C1. The number of aromatic nitrogens is 3. The van der Waals surface area contributed by atoms with Gasteiger partial charge in [-0.2, -0.15) is 5.10 Å². The second-order valence-corrected chi connectivity index (χ2v) is 5.32. The number of amides is 1. The zero-order chi connectivity index (χ0) is 15.4. The highest BCUT2D eigenvalue weighted by molar-refractivity contribution is 5.92. The van der Waals surface area contributed by atoms with Gasteiger partial charge in [0.1, 0.15) is 6.61 Å². The van der Waals surface area contributed by atoms with Gasteiger partial charge in [0.2, 0.25) is 5.88 Å². The summed E-state index contributed by atoms with van der Waals surface area (Å²) in [6.07, 6.45) is 5.27. The summed E-state index contributed by atoms with van der Waals surface area (Å²) in [5.74, 6) is 0.187. The first-order valence-corrected chi connectivity index (χ1v) is 7.26. The van der Waals surface area contributed by atoms with Crippen molar-refractivity contribution in [1.29, 1.82) is 0 Å². The molecule has 3 N–H and O–H groups in total. The number of carbonyl (C=O) groups excluding carboxylic acids is 1. The van der Waals surface area contributed by atoms with E-state index in [2.05, 4.69) is 21.2 Å². The molecule has 1 radical (unpaired) electrons. The average Bonchev–Trinajstić information content (AvgIpc) is 3.02. The van der Waals surface area contributed by atoms with Gasteiger partial charge in [-0.25, -0.2) is 5.10 Å². The zero-order valence-corrected chi connectivity index (χ0v) is 12.2. The number of H-pyrrole nitrogens is 1. The van der Waals surface area contributed by atoms with E-state index < -0.39 is 0 Å². The van der Waals surface area contributed by atoms with Crippen LogP contribution >= 0.6 is 0 Å². The van der Waals surface area contributed by atoms with Gasteiger partial charge in [-0.15, -0.1) is 0 Å². The summed E-state index contributed by atoms with van der Waals surface area (Å²) < 4.78 is 5.53.